The monoisotopic (exact) mass is 322 g/mol. The Balaban J connectivity index is 1.90. The number of nitro groups is 1. The van der Waals surface area contributed by atoms with Gasteiger partial charge in [-0.2, -0.15) is 0 Å². The number of carbonyl (C=O) groups excluding carboxylic acids is 1. The van der Waals surface area contributed by atoms with Crippen LogP contribution in [0.2, 0.25) is 0 Å². The molecule has 0 saturated heterocycles. The number of carbonyl (C=O) groups is 1. The van der Waals surface area contributed by atoms with E-state index in [1.54, 1.807) is 24.3 Å². The molecular weight excluding hydrogens is 308 g/mol. The second-order valence-electron chi connectivity index (χ2n) is 5.35. The zero-order chi connectivity index (χ0) is 17.3. The summed E-state index contributed by atoms with van der Waals surface area (Å²) in [7, 11) is 0. The molecule has 0 saturated carbocycles. The maximum absolute atomic E-state index is 12.3. The third-order valence-electron chi connectivity index (χ3n) is 3.55. The molecule has 7 heteroatoms. The van der Waals surface area contributed by atoms with E-state index in [0.717, 1.165) is 16.6 Å². The van der Waals surface area contributed by atoms with Gasteiger partial charge in [-0.05, 0) is 37.3 Å². The predicted molar refractivity (Wildman–Crippen MR) is 91.9 cm³/mol. The molecule has 3 aromatic rings. The number of pyridine rings is 1. The maximum atomic E-state index is 12.3. The molecule has 1 heterocycles. The fourth-order valence-electron chi connectivity index (χ4n) is 2.43. The topological polar surface area (TPSA) is 111 Å². The van der Waals surface area contributed by atoms with Gasteiger partial charge in [-0.15, -0.1) is 0 Å². The predicted octanol–water partition coefficient (Wildman–Crippen LogP) is 3.29. The van der Waals surface area contributed by atoms with Gasteiger partial charge in [0.15, 0.2) is 0 Å². The number of nitrogens with zero attached hydrogens (tertiary/aromatic N) is 2. The summed E-state index contributed by atoms with van der Waals surface area (Å²) in [5.41, 5.74) is 8.73. The van der Waals surface area contributed by atoms with E-state index in [0.29, 0.717) is 11.4 Å². The quantitative estimate of drug-likeness (QED) is 0.567. The number of anilines is 2. The molecule has 0 bridgehead atoms. The van der Waals surface area contributed by atoms with Crippen LogP contribution in [0.1, 0.15) is 16.1 Å². The van der Waals surface area contributed by atoms with Gasteiger partial charge >= 0.3 is 0 Å². The van der Waals surface area contributed by atoms with Crippen molar-refractivity contribution in [2.75, 3.05) is 11.1 Å². The molecule has 3 N–H and O–H groups in total. The number of nitrogen functional groups attached to an aromatic ring is 1. The van der Waals surface area contributed by atoms with E-state index in [-0.39, 0.29) is 11.3 Å². The van der Waals surface area contributed by atoms with Gasteiger partial charge < -0.3 is 11.1 Å². The Morgan fingerprint density at radius 1 is 1.21 bits per heavy atom. The number of hydrogen-bond acceptors (Lipinski definition) is 5. The van der Waals surface area contributed by atoms with Gasteiger partial charge in [0.25, 0.3) is 11.6 Å². The lowest BCUT2D eigenvalue weighted by atomic mass is 10.1. The minimum atomic E-state index is -0.540. The molecule has 120 valence electrons. The molecule has 0 atom stereocenters. The van der Waals surface area contributed by atoms with Gasteiger partial charge in [-0.3, -0.25) is 19.9 Å². The highest BCUT2D eigenvalue weighted by atomic mass is 16.6. The van der Waals surface area contributed by atoms with Crippen LogP contribution in [-0.2, 0) is 0 Å². The van der Waals surface area contributed by atoms with Gasteiger partial charge in [-0.1, -0.05) is 6.07 Å². The fourth-order valence-corrected chi connectivity index (χ4v) is 2.43. The molecule has 0 aliphatic heterocycles. The van der Waals surface area contributed by atoms with Crippen molar-refractivity contribution in [3.63, 3.8) is 0 Å². The Hall–Kier alpha value is -3.48. The smallest absolute Gasteiger partial charge is 0.270 e. The lowest BCUT2D eigenvalue weighted by Gasteiger charge is -2.08. The Morgan fingerprint density at radius 3 is 2.75 bits per heavy atom. The van der Waals surface area contributed by atoms with E-state index in [9.17, 15) is 14.9 Å². The first-order valence-corrected chi connectivity index (χ1v) is 7.17. The van der Waals surface area contributed by atoms with Crippen LogP contribution in [0, 0.1) is 17.0 Å². The summed E-state index contributed by atoms with van der Waals surface area (Å²) in [6.07, 6.45) is 0. The lowest BCUT2D eigenvalue weighted by molar-refractivity contribution is -0.384. The van der Waals surface area contributed by atoms with E-state index >= 15 is 0 Å². The highest BCUT2D eigenvalue weighted by Gasteiger charge is 2.12. The average molecular weight is 322 g/mol. The normalized spacial score (nSPS) is 10.5. The molecule has 1 amide bonds. The van der Waals surface area contributed by atoms with Gasteiger partial charge in [-0.25, -0.2) is 0 Å². The zero-order valence-electron chi connectivity index (χ0n) is 12.8. The third kappa shape index (κ3) is 3.00. The number of non-ortho nitro benzene ring substituents is 1. The van der Waals surface area contributed by atoms with Crippen LogP contribution >= 0.6 is 0 Å². The van der Waals surface area contributed by atoms with Crippen LogP contribution < -0.4 is 11.1 Å². The minimum absolute atomic E-state index is 0.134. The first-order chi connectivity index (χ1) is 11.4. The van der Waals surface area contributed by atoms with Crippen LogP contribution in [0.4, 0.5) is 17.1 Å². The molecule has 0 radical (unpaired) electrons. The number of aryl methyl sites for hydroxylation is 1. The van der Waals surface area contributed by atoms with E-state index in [4.69, 9.17) is 5.73 Å². The summed E-state index contributed by atoms with van der Waals surface area (Å²) < 4.78 is 0. The standard InChI is InChI=1S/C17H14N4O3/c1-10-7-15(18)14-9-12(5-6-16(14)19-10)20-17(22)11-3-2-4-13(8-11)21(23)24/h2-9H,1H3,(H2,18,19)(H,20,22). The van der Waals surface area contributed by atoms with Crippen molar-refractivity contribution in [3.05, 3.63) is 69.9 Å². The van der Waals surface area contributed by atoms with Crippen molar-refractivity contribution < 1.29 is 9.72 Å². The number of nitro benzene ring substituents is 1. The highest BCUT2D eigenvalue weighted by molar-refractivity contribution is 6.06. The Bertz CT molecular complexity index is 969. The number of fused-ring (bicyclic) bond motifs is 1. The molecule has 0 aliphatic rings. The number of amides is 1. The molecule has 7 nitrogen and oxygen atoms in total. The van der Waals surface area contributed by atoms with E-state index in [2.05, 4.69) is 10.3 Å². The summed E-state index contributed by atoms with van der Waals surface area (Å²) in [5.74, 6) is -0.434. The minimum Gasteiger partial charge on any atom is -0.398 e. The zero-order valence-corrected chi connectivity index (χ0v) is 12.8. The Labute approximate surface area is 137 Å². The van der Waals surface area contributed by atoms with Gasteiger partial charge in [0.2, 0.25) is 0 Å². The highest BCUT2D eigenvalue weighted by Crippen LogP contribution is 2.24. The van der Waals surface area contributed by atoms with Crippen molar-refractivity contribution in [1.82, 2.24) is 4.98 Å². The molecule has 0 aliphatic carbocycles. The molecule has 0 unspecified atom stereocenters. The third-order valence-corrected chi connectivity index (χ3v) is 3.55. The molecule has 24 heavy (non-hydrogen) atoms. The lowest BCUT2D eigenvalue weighted by Crippen LogP contribution is -2.12. The van der Waals surface area contributed by atoms with Gasteiger partial charge in [0.05, 0.1) is 10.4 Å². The van der Waals surface area contributed by atoms with Crippen LogP contribution in [0.3, 0.4) is 0 Å². The van der Waals surface area contributed by atoms with Crippen molar-refractivity contribution in [2.24, 2.45) is 0 Å². The average Bonchev–Trinajstić information content (AvgIpc) is 2.55. The number of hydrogen-bond donors (Lipinski definition) is 2. The van der Waals surface area contributed by atoms with Gasteiger partial charge in [0, 0.05) is 40.2 Å². The molecule has 2 aromatic carbocycles. The largest absolute Gasteiger partial charge is 0.398 e. The SMILES string of the molecule is Cc1cc(N)c2cc(NC(=O)c3cccc([N+](=O)[O-])c3)ccc2n1. The van der Waals surface area contributed by atoms with Crippen molar-refractivity contribution in [2.45, 2.75) is 6.92 Å². The molecule has 1 aromatic heterocycles. The summed E-state index contributed by atoms with van der Waals surface area (Å²) >= 11 is 0. The van der Waals surface area contributed by atoms with Crippen molar-refractivity contribution in [3.8, 4) is 0 Å². The van der Waals surface area contributed by atoms with Crippen LogP contribution in [0.5, 0.6) is 0 Å². The molecule has 0 fully saturated rings. The first-order valence-electron chi connectivity index (χ1n) is 7.17. The Morgan fingerprint density at radius 2 is 2.00 bits per heavy atom. The van der Waals surface area contributed by atoms with Crippen LogP contribution in [0.25, 0.3) is 10.9 Å². The Kier molecular flexibility index (Phi) is 3.83. The van der Waals surface area contributed by atoms with Crippen LogP contribution in [0.15, 0.2) is 48.5 Å². The molecule has 0 spiro atoms. The maximum Gasteiger partial charge on any atom is 0.270 e. The van der Waals surface area contributed by atoms with Gasteiger partial charge in [0.1, 0.15) is 0 Å². The molecular formula is C17H14N4O3. The number of nitrogens with two attached hydrogens (primary N) is 1. The summed E-state index contributed by atoms with van der Waals surface area (Å²) in [6.45, 7) is 1.85. The molecule has 3 rings (SSSR count). The van der Waals surface area contributed by atoms with E-state index in [1.807, 2.05) is 6.92 Å². The summed E-state index contributed by atoms with van der Waals surface area (Å²) in [5, 5.41) is 14.2. The van der Waals surface area contributed by atoms with Crippen molar-refractivity contribution >= 4 is 33.9 Å². The fraction of sp³-hybridized carbons (Fsp3) is 0.0588. The first kappa shape index (κ1) is 15.4. The number of aromatic nitrogens is 1. The summed E-state index contributed by atoms with van der Waals surface area (Å²) in [6, 6.07) is 12.5. The second kappa shape index (κ2) is 5.96. The van der Waals surface area contributed by atoms with E-state index in [1.165, 1.54) is 24.3 Å². The number of benzene rings is 2. The van der Waals surface area contributed by atoms with E-state index < -0.39 is 10.8 Å². The second-order valence-corrected chi connectivity index (χ2v) is 5.35. The number of nitrogens with one attached hydrogen (secondary N) is 1. The number of rotatable bonds is 3. The van der Waals surface area contributed by atoms with Crippen LogP contribution in [-0.4, -0.2) is 15.8 Å². The van der Waals surface area contributed by atoms with Crippen molar-refractivity contribution in [1.29, 1.82) is 0 Å². The summed E-state index contributed by atoms with van der Waals surface area (Å²) in [4.78, 5) is 26.9.